The molecule has 0 radical (unpaired) electrons. The van der Waals surface area contributed by atoms with Crippen molar-refractivity contribution in [3.8, 4) is 5.75 Å². The SMILES string of the molecule is CCCOc1cccc(C=NNc2nc(=O)[nH]nc2C)c1. The van der Waals surface area contributed by atoms with Gasteiger partial charge in [0, 0.05) is 0 Å². The maximum Gasteiger partial charge on any atom is 0.363 e. The fourth-order valence-electron chi connectivity index (χ4n) is 1.57. The fourth-order valence-corrected chi connectivity index (χ4v) is 1.57. The van der Waals surface area contributed by atoms with Gasteiger partial charge in [-0.3, -0.25) is 5.43 Å². The van der Waals surface area contributed by atoms with Gasteiger partial charge in [0.1, 0.15) is 11.4 Å². The number of nitrogens with one attached hydrogen (secondary N) is 2. The van der Waals surface area contributed by atoms with Gasteiger partial charge in [-0.1, -0.05) is 19.1 Å². The first-order valence-corrected chi connectivity index (χ1v) is 6.64. The average molecular weight is 287 g/mol. The molecule has 2 rings (SSSR count). The van der Waals surface area contributed by atoms with Gasteiger partial charge in [0.25, 0.3) is 0 Å². The lowest BCUT2D eigenvalue weighted by molar-refractivity contribution is 0.317. The molecule has 0 saturated heterocycles. The van der Waals surface area contributed by atoms with E-state index in [2.05, 4.69) is 32.6 Å². The summed E-state index contributed by atoms with van der Waals surface area (Å²) < 4.78 is 5.55. The molecule has 1 heterocycles. The lowest BCUT2D eigenvalue weighted by atomic mass is 10.2. The average Bonchev–Trinajstić information content (AvgIpc) is 2.49. The van der Waals surface area contributed by atoms with Gasteiger partial charge >= 0.3 is 5.69 Å². The standard InChI is InChI=1S/C14H17N5O2/c1-3-7-21-12-6-4-5-11(8-12)9-15-18-13-10(2)17-19-14(20)16-13/h4-6,8-9H,3,7H2,1-2H3,(H2,16,18,19,20). The summed E-state index contributed by atoms with van der Waals surface area (Å²) in [6.07, 6.45) is 2.58. The van der Waals surface area contributed by atoms with Crippen LogP contribution in [0.1, 0.15) is 24.6 Å². The Morgan fingerprint density at radius 1 is 1.48 bits per heavy atom. The molecule has 2 aromatic rings. The highest BCUT2D eigenvalue weighted by Crippen LogP contribution is 2.12. The highest BCUT2D eigenvalue weighted by atomic mass is 16.5. The Kier molecular flexibility index (Phi) is 5.03. The molecule has 0 spiro atoms. The summed E-state index contributed by atoms with van der Waals surface area (Å²) in [5.41, 5.74) is 3.62. The van der Waals surface area contributed by atoms with Gasteiger partial charge in [0.15, 0.2) is 5.82 Å². The van der Waals surface area contributed by atoms with Gasteiger partial charge < -0.3 is 4.74 Å². The van der Waals surface area contributed by atoms with Gasteiger partial charge in [-0.05, 0) is 31.0 Å². The number of aromatic nitrogens is 3. The van der Waals surface area contributed by atoms with Crippen molar-refractivity contribution >= 4 is 12.0 Å². The Balaban J connectivity index is 2.04. The predicted molar refractivity (Wildman–Crippen MR) is 80.8 cm³/mol. The number of H-pyrrole nitrogens is 1. The Morgan fingerprint density at radius 2 is 2.33 bits per heavy atom. The van der Waals surface area contributed by atoms with E-state index >= 15 is 0 Å². The van der Waals surface area contributed by atoms with E-state index in [0.717, 1.165) is 17.7 Å². The number of aromatic amines is 1. The molecule has 7 nitrogen and oxygen atoms in total. The molecule has 7 heteroatoms. The molecule has 0 aliphatic heterocycles. The first-order chi connectivity index (χ1) is 10.2. The number of benzene rings is 1. The van der Waals surface area contributed by atoms with E-state index in [4.69, 9.17) is 4.74 Å². The van der Waals surface area contributed by atoms with Gasteiger partial charge in [-0.2, -0.15) is 15.2 Å². The Bertz CT molecular complexity index is 681. The van der Waals surface area contributed by atoms with Crippen molar-refractivity contribution in [1.29, 1.82) is 0 Å². The van der Waals surface area contributed by atoms with E-state index in [0.29, 0.717) is 18.1 Å². The maximum atomic E-state index is 11.1. The van der Waals surface area contributed by atoms with Crippen LogP contribution in [-0.2, 0) is 0 Å². The molecule has 0 amide bonds. The van der Waals surface area contributed by atoms with Crippen molar-refractivity contribution in [3.05, 3.63) is 46.0 Å². The zero-order valence-electron chi connectivity index (χ0n) is 12.0. The van der Waals surface area contributed by atoms with Crippen LogP contribution in [0.5, 0.6) is 5.75 Å². The molecule has 0 bridgehead atoms. The summed E-state index contributed by atoms with van der Waals surface area (Å²) in [4.78, 5) is 14.8. The highest BCUT2D eigenvalue weighted by molar-refractivity contribution is 5.80. The van der Waals surface area contributed by atoms with Crippen molar-refractivity contribution in [1.82, 2.24) is 15.2 Å². The number of hydrogen-bond acceptors (Lipinski definition) is 6. The van der Waals surface area contributed by atoms with E-state index in [1.807, 2.05) is 24.3 Å². The zero-order valence-corrected chi connectivity index (χ0v) is 12.0. The molecule has 1 aromatic heterocycles. The fraction of sp³-hybridized carbons (Fsp3) is 0.286. The summed E-state index contributed by atoms with van der Waals surface area (Å²) in [5.74, 6) is 1.13. The first-order valence-electron chi connectivity index (χ1n) is 6.64. The van der Waals surface area contributed by atoms with Crippen LogP contribution in [-0.4, -0.2) is 28.0 Å². The highest BCUT2D eigenvalue weighted by Gasteiger charge is 2.00. The molecule has 0 fully saturated rings. The minimum absolute atomic E-state index is 0.327. The van der Waals surface area contributed by atoms with Crippen LogP contribution < -0.4 is 15.9 Å². The summed E-state index contributed by atoms with van der Waals surface area (Å²) in [7, 11) is 0. The molecule has 0 aliphatic rings. The van der Waals surface area contributed by atoms with E-state index < -0.39 is 5.69 Å². The van der Waals surface area contributed by atoms with Gasteiger partial charge in [-0.25, -0.2) is 9.89 Å². The number of rotatable bonds is 6. The van der Waals surface area contributed by atoms with Crippen molar-refractivity contribution in [2.45, 2.75) is 20.3 Å². The van der Waals surface area contributed by atoms with Crippen LogP contribution in [0.2, 0.25) is 0 Å². The normalized spacial score (nSPS) is 10.8. The monoisotopic (exact) mass is 287 g/mol. The number of aryl methyl sites for hydroxylation is 1. The van der Waals surface area contributed by atoms with Crippen LogP contribution in [0.3, 0.4) is 0 Å². The molecule has 21 heavy (non-hydrogen) atoms. The number of hydrogen-bond donors (Lipinski definition) is 2. The molecule has 110 valence electrons. The van der Waals surface area contributed by atoms with Crippen LogP contribution in [0.4, 0.5) is 5.82 Å². The minimum atomic E-state index is -0.520. The third kappa shape index (κ3) is 4.41. The van der Waals surface area contributed by atoms with Crippen LogP contribution >= 0.6 is 0 Å². The van der Waals surface area contributed by atoms with Crippen LogP contribution in [0.25, 0.3) is 0 Å². The summed E-state index contributed by atoms with van der Waals surface area (Å²) >= 11 is 0. The molecular formula is C14H17N5O2. The van der Waals surface area contributed by atoms with Gasteiger partial charge in [-0.15, -0.1) is 0 Å². The second-order valence-corrected chi connectivity index (χ2v) is 4.37. The van der Waals surface area contributed by atoms with Crippen molar-refractivity contribution < 1.29 is 4.74 Å². The van der Waals surface area contributed by atoms with Crippen molar-refractivity contribution in [2.24, 2.45) is 5.10 Å². The van der Waals surface area contributed by atoms with E-state index in [9.17, 15) is 4.79 Å². The van der Waals surface area contributed by atoms with Crippen LogP contribution in [0.15, 0.2) is 34.2 Å². The van der Waals surface area contributed by atoms with Crippen molar-refractivity contribution in [3.63, 3.8) is 0 Å². The number of nitrogens with zero attached hydrogens (tertiary/aromatic N) is 3. The maximum absolute atomic E-state index is 11.1. The quantitative estimate of drug-likeness (QED) is 0.623. The lowest BCUT2D eigenvalue weighted by Gasteiger charge is -2.04. The summed E-state index contributed by atoms with van der Waals surface area (Å²) in [5, 5.41) is 10.1. The van der Waals surface area contributed by atoms with E-state index in [-0.39, 0.29) is 0 Å². The van der Waals surface area contributed by atoms with E-state index in [1.54, 1.807) is 13.1 Å². The molecule has 0 unspecified atom stereocenters. The largest absolute Gasteiger partial charge is 0.494 e. The lowest BCUT2D eigenvalue weighted by Crippen LogP contribution is -2.15. The second kappa shape index (κ2) is 7.18. The zero-order chi connectivity index (χ0) is 15.1. The second-order valence-electron chi connectivity index (χ2n) is 4.37. The number of anilines is 1. The summed E-state index contributed by atoms with van der Waals surface area (Å²) in [6, 6.07) is 7.58. The molecule has 0 aliphatic carbocycles. The Hall–Kier alpha value is -2.70. The smallest absolute Gasteiger partial charge is 0.363 e. The summed E-state index contributed by atoms with van der Waals surface area (Å²) in [6.45, 7) is 4.46. The van der Waals surface area contributed by atoms with Gasteiger partial charge in [0.05, 0.1) is 12.8 Å². The topological polar surface area (TPSA) is 92.3 Å². The predicted octanol–water partition coefficient (Wildman–Crippen LogP) is 1.71. The molecule has 0 atom stereocenters. The Labute approximate surface area is 122 Å². The number of ether oxygens (including phenoxy) is 1. The Morgan fingerprint density at radius 3 is 3.14 bits per heavy atom. The third-order valence-electron chi connectivity index (χ3n) is 2.59. The van der Waals surface area contributed by atoms with Gasteiger partial charge in [0.2, 0.25) is 0 Å². The molecular weight excluding hydrogens is 270 g/mol. The number of hydrazone groups is 1. The van der Waals surface area contributed by atoms with Crippen LogP contribution in [0, 0.1) is 6.92 Å². The molecule has 1 aromatic carbocycles. The first kappa shape index (κ1) is 14.7. The third-order valence-corrected chi connectivity index (χ3v) is 2.59. The molecule has 2 N–H and O–H groups in total. The van der Waals surface area contributed by atoms with Crippen molar-refractivity contribution in [2.75, 3.05) is 12.0 Å². The van der Waals surface area contributed by atoms with E-state index in [1.165, 1.54) is 0 Å². The minimum Gasteiger partial charge on any atom is -0.494 e. The molecule has 0 saturated carbocycles.